The number of hydrogen-bond donors (Lipinski definition) is 1. The highest BCUT2D eigenvalue weighted by Gasteiger charge is 2.19. The Labute approximate surface area is 152 Å². The lowest BCUT2D eigenvalue weighted by atomic mass is 10.2. The first-order chi connectivity index (χ1) is 12.7. The molecule has 1 N–H and O–H groups in total. The predicted molar refractivity (Wildman–Crippen MR) is 98.9 cm³/mol. The SMILES string of the molecule is CN=C(NCCCc1nc(C)no1)N1CCN(c2ccc(F)cc2)CC1. The average Bonchev–Trinajstić information content (AvgIpc) is 3.08. The fraction of sp³-hybridized carbons (Fsp3) is 0.500. The molecule has 1 saturated heterocycles. The number of guanidine groups is 1. The van der Waals surface area contributed by atoms with Crippen LogP contribution in [0.3, 0.4) is 0 Å². The largest absolute Gasteiger partial charge is 0.368 e. The first-order valence-corrected chi connectivity index (χ1v) is 8.91. The average molecular weight is 360 g/mol. The highest BCUT2D eigenvalue weighted by Crippen LogP contribution is 2.16. The van der Waals surface area contributed by atoms with E-state index in [4.69, 9.17) is 4.52 Å². The van der Waals surface area contributed by atoms with E-state index in [1.54, 1.807) is 7.05 Å². The van der Waals surface area contributed by atoms with E-state index in [9.17, 15) is 4.39 Å². The van der Waals surface area contributed by atoms with Gasteiger partial charge in [0.15, 0.2) is 11.8 Å². The summed E-state index contributed by atoms with van der Waals surface area (Å²) in [7, 11) is 1.80. The van der Waals surface area contributed by atoms with Crippen molar-refractivity contribution in [1.29, 1.82) is 0 Å². The van der Waals surface area contributed by atoms with Crippen LogP contribution >= 0.6 is 0 Å². The smallest absolute Gasteiger partial charge is 0.226 e. The second-order valence-corrected chi connectivity index (χ2v) is 6.26. The summed E-state index contributed by atoms with van der Waals surface area (Å²) < 4.78 is 18.2. The number of halogens is 1. The Morgan fingerprint density at radius 3 is 2.58 bits per heavy atom. The summed E-state index contributed by atoms with van der Waals surface area (Å²) >= 11 is 0. The first kappa shape index (κ1) is 18.2. The van der Waals surface area contributed by atoms with Gasteiger partial charge in [0.2, 0.25) is 5.89 Å². The van der Waals surface area contributed by atoms with Crippen LogP contribution in [0, 0.1) is 12.7 Å². The highest BCUT2D eigenvalue weighted by atomic mass is 19.1. The Kier molecular flexibility index (Phi) is 6.04. The Hall–Kier alpha value is -2.64. The van der Waals surface area contributed by atoms with Crippen LogP contribution in [0.1, 0.15) is 18.1 Å². The van der Waals surface area contributed by atoms with Crippen LogP contribution in [-0.2, 0) is 6.42 Å². The molecule has 0 spiro atoms. The Morgan fingerprint density at radius 2 is 1.96 bits per heavy atom. The number of rotatable bonds is 5. The molecule has 0 saturated carbocycles. The molecule has 0 amide bonds. The molecule has 2 aromatic rings. The van der Waals surface area contributed by atoms with E-state index in [1.165, 1.54) is 12.1 Å². The van der Waals surface area contributed by atoms with Gasteiger partial charge in [-0.05, 0) is 37.6 Å². The lowest BCUT2D eigenvalue weighted by Crippen LogP contribution is -2.52. The first-order valence-electron chi connectivity index (χ1n) is 8.91. The minimum Gasteiger partial charge on any atom is -0.368 e. The number of anilines is 1. The van der Waals surface area contributed by atoms with Crippen LogP contribution in [-0.4, -0.2) is 60.8 Å². The van der Waals surface area contributed by atoms with Crippen LogP contribution in [0.15, 0.2) is 33.8 Å². The van der Waals surface area contributed by atoms with Crippen molar-refractivity contribution in [1.82, 2.24) is 20.4 Å². The van der Waals surface area contributed by atoms with Crippen molar-refractivity contribution in [3.05, 3.63) is 41.8 Å². The number of nitrogens with one attached hydrogen (secondary N) is 1. The minimum absolute atomic E-state index is 0.201. The van der Waals surface area contributed by atoms with E-state index in [0.717, 1.165) is 57.2 Å². The monoisotopic (exact) mass is 360 g/mol. The molecule has 7 nitrogen and oxygen atoms in total. The summed E-state index contributed by atoms with van der Waals surface area (Å²) in [5, 5.41) is 7.19. The van der Waals surface area contributed by atoms with Gasteiger partial charge in [-0.15, -0.1) is 0 Å². The number of aromatic nitrogens is 2. The zero-order valence-corrected chi connectivity index (χ0v) is 15.3. The molecule has 8 heteroatoms. The molecule has 0 unspecified atom stereocenters. The van der Waals surface area contributed by atoms with Gasteiger partial charge in [-0.25, -0.2) is 4.39 Å². The van der Waals surface area contributed by atoms with Crippen LogP contribution in [0.5, 0.6) is 0 Å². The van der Waals surface area contributed by atoms with E-state index >= 15 is 0 Å². The second-order valence-electron chi connectivity index (χ2n) is 6.26. The van der Waals surface area contributed by atoms with Gasteiger partial charge in [-0.2, -0.15) is 4.98 Å². The molecule has 0 bridgehead atoms. The molecule has 2 heterocycles. The summed E-state index contributed by atoms with van der Waals surface area (Å²) in [6.07, 6.45) is 1.65. The van der Waals surface area contributed by atoms with Crippen LogP contribution in [0.25, 0.3) is 0 Å². The van der Waals surface area contributed by atoms with Gasteiger partial charge in [-0.1, -0.05) is 5.16 Å². The molecule has 3 rings (SSSR count). The van der Waals surface area contributed by atoms with Crippen molar-refractivity contribution in [2.24, 2.45) is 4.99 Å². The van der Waals surface area contributed by atoms with Crippen molar-refractivity contribution < 1.29 is 8.91 Å². The summed E-state index contributed by atoms with van der Waals surface area (Å²) in [6.45, 7) is 6.13. The normalized spacial score (nSPS) is 15.4. The molecule has 1 aromatic carbocycles. The Balaban J connectivity index is 1.42. The maximum absolute atomic E-state index is 13.1. The molecule has 0 radical (unpaired) electrons. The van der Waals surface area contributed by atoms with Gasteiger partial charge in [0.25, 0.3) is 0 Å². The van der Waals surface area contributed by atoms with Crippen molar-refractivity contribution in [3.8, 4) is 0 Å². The van der Waals surface area contributed by atoms with Crippen LogP contribution in [0.4, 0.5) is 10.1 Å². The van der Waals surface area contributed by atoms with Gasteiger partial charge in [0.05, 0.1) is 0 Å². The molecule has 1 aromatic heterocycles. The fourth-order valence-electron chi connectivity index (χ4n) is 3.04. The quantitative estimate of drug-likeness (QED) is 0.499. The number of aryl methyl sites for hydroxylation is 2. The summed E-state index contributed by atoms with van der Waals surface area (Å²) in [5.41, 5.74) is 1.06. The van der Waals surface area contributed by atoms with E-state index in [1.807, 2.05) is 19.1 Å². The van der Waals surface area contributed by atoms with E-state index in [-0.39, 0.29) is 5.82 Å². The van der Waals surface area contributed by atoms with Gasteiger partial charge in [0.1, 0.15) is 5.82 Å². The molecule has 0 aliphatic carbocycles. The fourth-order valence-corrected chi connectivity index (χ4v) is 3.04. The lowest BCUT2D eigenvalue weighted by Gasteiger charge is -2.37. The zero-order chi connectivity index (χ0) is 18.4. The van der Waals surface area contributed by atoms with Crippen molar-refractivity contribution in [2.75, 3.05) is 44.7 Å². The van der Waals surface area contributed by atoms with Gasteiger partial charge < -0.3 is 19.6 Å². The molecular weight excluding hydrogens is 335 g/mol. The topological polar surface area (TPSA) is 69.8 Å². The minimum atomic E-state index is -0.201. The number of hydrogen-bond acceptors (Lipinski definition) is 5. The van der Waals surface area contributed by atoms with Crippen LogP contribution < -0.4 is 10.2 Å². The maximum Gasteiger partial charge on any atom is 0.226 e. The number of piperazine rings is 1. The highest BCUT2D eigenvalue weighted by molar-refractivity contribution is 5.80. The lowest BCUT2D eigenvalue weighted by molar-refractivity contribution is 0.365. The van der Waals surface area contributed by atoms with Crippen LogP contribution in [0.2, 0.25) is 0 Å². The molecule has 1 fully saturated rings. The summed E-state index contributed by atoms with van der Waals surface area (Å²) in [5.74, 6) is 2.05. The van der Waals surface area contributed by atoms with Gasteiger partial charge >= 0.3 is 0 Å². The standard InChI is InChI=1S/C18H25FN6O/c1-14-22-17(26-23-14)4-3-9-21-18(20-2)25-12-10-24(11-13-25)16-7-5-15(19)6-8-16/h5-8H,3-4,9-13H2,1-2H3,(H,20,21). The number of nitrogens with zero attached hydrogens (tertiary/aromatic N) is 5. The summed E-state index contributed by atoms with van der Waals surface area (Å²) in [6, 6.07) is 6.68. The molecule has 0 atom stereocenters. The molecule has 26 heavy (non-hydrogen) atoms. The van der Waals surface area contributed by atoms with Gasteiger partial charge in [-0.3, -0.25) is 4.99 Å². The Morgan fingerprint density at radius 1 is 1.23 bits per heavy atom. The maximum atomic E-state index is 13.1. The Bertz CT molecular complexity index is 722. The van der Waals surface area contributed by atoms with Crippen molar-refractivity contribution in [2.45, 2.75) is 19.8 Å². The number of benzene rings is 1. The molecule has 1 aliphatic rings. The van der Waals surface area contributed by atoms with Crippen molar-refractivity contribution >= 4 is 11.6 Å². The summed E-state index contributed by atoms with van der Waals surface area (Å²) in [4.78, 5) is 13.1. The van der Waals surface area contributed by atoms with Gasteiger partial charge in [0, 0.05) is 51.9 Å². The van der Waals surface area contributed by atoms with E-state index in [2.05, 4.69) is 30.2 Å². The third-order valence-corrected chi connectivity index (χ3v) is 4.40. The van der Waals surface area contributed by atoms with E-state index < -0.39 is 0 Å². The third-order valence-electron chi connectivity index (χ3n) is 4.40. The van der Waals surface area contributed by atoms with E-state index in [0.29, 0.717) is 11.7 Å². The third kappa shape index (κ3) is 4.71. The molecular formula is C18H25FN6O. The molecule has 140 valence electrons. The zero-order valence-electron chi connectivity index (χ0n) is 15.3. The molecule has 1 aliphatic heterocycles. The second kappa shape index (κ2) is 8.64. The van der Waals surface area contributed by atoms with Crippen molar-refractivity contribution in [3.63, 3.8) is 0 Å². The predicted octanol–water partition coefficient (Wildman–Crippen LogP) is 1.85. The number of aliphatic imine (C=N–C) groups is 1.